The first-order valence-corrected chi connectivity index (χ1v) is 9.81. The number of hydrogen-bond acceptors (Lipinski definition) is 3. The molecule has 0 amide bonds. The monoisotopic (exact) mass is 349 g/mol. The number of thiophene rings is 1. The minimum Gasteiger partial charge on any atom is -0.252 e. The number of hydrogen-bond donors (Lipinski definition) is 0. The average molecular weight is 350 g/mol. The summed E-state index contributed by atoms with van der Waals surface area (Å²) in [5.41, 5.74) is 5.53. The highest BCUT2D eigenvalue weighted by Gasteiger charge is 2.41. The highest BCUT2D eigenvalue weighted by Crippen LogP contribution is 2.58. The molecule has 24 heavy (non-hydrogen) atoms. The fourth-order valence-corrected chi connectivity index (χ4v) is 6.98. The Morgan fingerprint density at radius 1 is 1.21 bits per heavy atom. The highest BCUT2D eigenvalue weighted by atomic mass is 32.2. The summed E-state index contributed by atoms with van der Waals surface area (Å²) in [4.78, 5) is 4.37. The van der Waals surface area contributed by atoms with Gasteiger partial charge in [0, 0.05) is 16.2 Å². The van der Waals surface area contributed by atoms with Crippen molar-refractivity contribution >= 4 is 38.8 Å². The van der Waals surface area contributed by atoms with Gasteiger partial charge in [-0.2, -0.15) is 4.57 Å². The molecule has 0 saturated carbocycles. The minimum atomic E-state index is 0.455. The van der Waals surface area contributed by atoms with Crippen molar-refractivity contribution in [2.24, 2.45) is 7.05 Å². The van der Waals surface area contributed by atoms with Crippen LogP contribution in [0.25, 0.3) is 15.7 Å². The first-order valence-electron chi connectivity index (χ1n) is 8.11. The Morgan fingerprint density at radius 2 is 2.08 bits per heavy atom. The number of allylic oxidation sites excluding steroid dienone is 3. The van der Waals surface area contributed by atoms with Gasteiger partial charge in [0.1, 0.15) is 7.05 Å². The molecule has 3 aromatic rings. The third-order valence-electron chi connectivity index (χ3n) is 4.99. The Hall–Kier alpha value is -1.91. The van der Waals surface area contributed by atoms with Gasteiger partial charge in [-0.15, -0.1) is 23.1 Å². The Morgan fingerprint density at radius 3 is 2.96 bits per heavy atom. The molecule has 4 heteroatoms. The zero-order chi connectivity index (χ0) is 16.3. The topological polar surface area (TPSA) is 16.8 Å². The SMILES string of the molecule is CC1=C(c2cncc[n+]2C)C2Sc3sc4ccccc4c3C2C=C1. The zero-order valence-electron chi connectivity index (χ0n) is 13.6. The van der Waals surface area contributed by atoms with Crippen LogP contribution in [0.15, 0.2) is 64.8 Å². The van der Waals surface area contributed by atoms with Crippen LogP contribution in [0.3, 0.4) is 0 Å². The van der Waals surface area contributed by atoms with Crippen molar-refractivity contribution in [3.63, 3.8) is 0 Å². The summed E-state index contributed by atoms with van der Waals surface area (Å²) in [6, 6.07) is 8.81. The molecule has 2 atom stereocenters. The number of thioether (sulfide) groups is 1. The maximum atomic E-state index is 4.37. The lowest BCUT2D eigenvalue weighted by molar-refractivity contribution is -0.674. The van der Waals surface area contributed by atoms with E-state index in [1.54, 1.807) is 0 Å². The molecule has 0 radical (unpaired) electrons. The zero-order valence-corrected chi connectivity index (χ0v) is 15.2. The number of nitrogens with zero attached hydrogens (tertiary/aromatic N) is 2. The van der Waals surface area contributed by atoms with Crippen LogP contribution in [0.4, 0.5) is 0 Å². The summed E-state index contributed by atoms with van der Waals surface area (Å²) in [6.07, 6.45) is 10.6. The molecule has 1 aromatic carbocycles. The predicted octanol–water partition coefficient (Wildman–Crippen LogP) is 4.72. The van der Waals surface area contributed by atoms with Gasteiger partial charge in [0.25, 0.3) is 0 Å². The standard InChI is InChI=1S/C20H17N2S2/c1-12-7-8-14-18-13-5-3-4-6-16(13)23-20(18)24-19(14)17(12)15-11-21-9-10-22(15)2/h3-11,14,19H,1-2H3/q+1. The van der Waals surface area contributed by atoms with Gasteiger partial charge in [-0.3, -0.25) is 4.98 Å². The number of aromatic nitrogens is 2. The van der Waals surface area contributed by atoms with Crippen LogP contribution in [-0.4, -0.2) is 10.2 Å². The van der Waals surface area contributed by atoms with E-state index in [0.29, 0.717) is 11.2 Å². The number of rotatable bonds is 1. The molecular weight excluding hydrogens is 332 g/mol. The summed E-state index contributed by atoms with van der Waals surface area (Å²) in [6.45, 7) is 2.22. The smallest absolute Gasteiger partial charge is 0.228 e. The second kappa shape index (κ2) is 5.30. The van der Waals surface area contributed by atoms with Crippen LogP contribution in [0, 0.1) is 0 Å². The van der Waals surface area contributed by atoms with Gasteiger partial charge >= 0.3 is 0 Å². The third-order valence-corrected chi connectivity index (χ3v) is 7.72. The summed E-state index contributed by atoms with van der Waals surface area (Å²) in [7, 11) is 2.11. The van der Waals surface area contributed by atoms with Crippen LogP contribution < -0.4 is 4.57 Å². The largest absolute Gasteiger partial charge is 0.252 e. The first kappa shape index (κ1) is 14.4. The van der Waals surface area contributed by atoms with E-state index >= 15 is 0 Å². The fourth-order valence-electron chi connectivity index (χ4n) is 3.81. The Balaban J connectivity index is 1.68. The maximum Gasteiger partial charge on any atom is 0.228 e. The second-order valence-corrected chi connectivity index (χ2v) is 8.85. The van der Waals surface area contributed by atoms with Crippen molar-refractivity contribution in [1.29, 1.82) is 0 Å². The van der Waals surface area contributed by atoms with E-state index in [0.717, 1.165) is 0 Å². The molecule has 2 unspecified atom stereocenters. The van der Waals surface area contributed by atoms with Gasteiger partial charge in [0.2, 0.25) is 5.69 Å². The lowest BCUT2D eigenvalue weighted by Gasteiger charge is -2.24. The molecule has 2 aromatic heterocycles. The lowest BCUT2D eigenvalue weighted by Crippen LogP contribution is -2.35. The molecule has 2 nitrogen and oxygen atoms in total. The van der Waals surface area contributed by atoms with E-state index in [-0.39, 0.29) is 0 Å². The quantitative estimate of drug-likeness (QED) is 0.591. The molecular formula is C20H17N2S2+. The molecule has 2 aliphatic rings. The molecule has 0 N–H and O–H groups in total. The number of aryl methyl sites for hydroxylation is 1. The summed E-state index contributed by atoms with van der Waals surface area (Å²) < 4.78 is 5.07. The van der Waals surface area contributed by atoms with Gasteiger partial charge in [0.05, 0.1) is 21.9 Å². The van der Waals surface area contributed by atoms with Crippen molar-refractivity contribution in [1.82, 2.24) is 4.98 Å². The second-order valence-electron chi connectivity index (χ2n) is 6.39. The van der Waals surface area contributed by atoms with Crippen LogP contribution in [0.5, 0.6) is 0 Å². The van der Waals surface area contributed by atoms with E-state index < -0.39 is 0 Å². The normalized spacial score (nSPS) is 22.1. The minimum absolute atomic E-state index is 0.455. The van der Waals surface area contributed by atoms with Gasteiger partial charge in [-0.1, -0.05) is 30.4 Å². The van der Waals surface area contributed by atoms with Crippen LogP contribution >= 0.6 is 23.1 Å². The maximum absolute atomic E-state index is 4.37. The van der Waals surface area contributed by atoms with Crippen molar-refractivity contribution in [3.05, 3.63) is 71.8 Å². The molecule has 0 bridgehead atoms. The fraction of sp³-hybridized carbons (Fsp3) is 0.200. The van der Waals surface area contributed by atoms with Gasteiger partial charge in [-0.25, -0.2) is 0 Å². The van der Waals surface area contributed by atoms with E-state index in [2.05, 4.69) is 59.9 Å². The van der Waals surface area contributed by atoms with E-state index in [9.17, 15) is 0 Å². The Kier molecular flexibility index (Phi) is 3.19. The van der Waals surface area contributed by atoms with Crippen LogP contribution in [0.1, 0.15) is 24.1 Å². The van der Waals surface area contributed by atoms with E-state index in [1.807, 2.05) is 41.7 Å². The lowest BCUT2D eigenvalue weighted by atomic mass is 9.84. The summed E-state index contributed by atoms with van der Waals surface area (Å²) in [5.74, 6) is 0.458. The predicted molar refractivity (Wildman–Crippen MR) is 101 cm³/mol. The molecule has 0 saturated heterocycles. The van der Waals surface area contributed by atoms with Crippen LogP contribution in [-0.2, 0) is 7.05 Å². The number of benzene rings is 1. The van der Waals surface area contributed by atoms with Crippen molar-refractivity contribution in [2.45, 2.75) is 22.3 Å². The Labute approximate surface area is 149 Å². The van der Waals surface area contributed by atoms with Crippen molar-refractivity contribution in [2.75, 3.05) is 0 Å². The molecule has 118 valence electrons. The van der Waals surface area contributed by atoms with Gasteiger partial charge < -0.3 is 0 Å². The molecule has 1 aliphatic carbocycles. The van der Waals surface area contributed by atoms with E-state index in [4.69, 9.17) is 0 Å². The summed E-state index contributed by atoms with van der Waals surface area (Å²) >= 11 is 3.97. The Bertz CT molecular complexity index is 1030. The van der Waals surface area contributed by atoms with Gasteiger partial charge in [0.15, 0.2) is 6.20 Å². The average Bonchev–Trinajstić information content (AvgIpc) is 3.11. The molecule has 0 fully saturated rings. The first-order chi connectivity index (χ1) is 11.7. The summed E-state index contributed by atoms with van der Waals surface area (Å²) in [5, 5.41) is 1.88. The van der Waals surface area contributed by atoms with Crippen molar-refractivity contribution < 1.29 is 4.57 Å². The van der Waals surface area contributed by atoms with Crippen LogP contribution in [0.2, 0.25) is 0 Å². The molecule has 5 rings (SSSR count). The highest BCUT2D eigenvalue weighted by molar-refractivity contribution is 8.02. The van der Waals surface area contributed by atoms with E-state index in [1.165, 1.54) is 36.7 Å². The molecule has 3 heterocycles. The molecule has 0 spiro atoms. The third kappa shape index (κ3) is 1.96. The molecule has 1 aliphatic heterocycles. The number of fused-ring (bicyclic) bond motifs is 5. The van der Waals surface area contributed by atoms with Crippen molar-refractivity contribution in [3.8, 4) is 0 Å². The van der Waals surface area contributed by atoms with Gasteiger partial charge in [-0.05, 0) is 29.5 Å².